The number of aromatic hydroxyl groups is 1. The maximum absolute atomic E-state index is 13.5. The van der Waals surface area contributed by atoms with Crippen LogP contribution in [0.2, 0.25) is 0 Å². The highest BCUT2D eigenvalue weighted by atomic mass is 16.6. The Morgan fingerprint density at radius 1 is 0.521 bits per heavy atom. The highest BCUT2D eigenvalue weighted by molar-refractivity contribution is 5.74. The number of aliphatic imine (C=N–C) groups is 1. The first-order valence-corrected chi connectivity index (χ1v) is 37.6. The summed E-state index contributed by atoms with van der Waals surface area (Å²) in [6.45, 7) is 12.1. The largest absolute Gasteiger partial charge is 0.507 e. The minimum absolute atomic E-state index is 0.112. The highest BCUT2D eigenvalue weighted by Crippen LogP contribution is 2.47. The zero-order valence-corrected chi connectivity index (χ0v) is 59.4. The summed E-state index contributed by atoms with van der Waals surface area (Å²) in [5, 5.41) is 14.7. The molecule has 5 aromatic carbocycles. The maximum Gasteiger partial charge on any atom is 0.407 e. The third-order valence-electron chi connectivity index (χ3n) is 19.6. The average Bonchev–Trinajstić information content (AvgIpc) is 0.801. The number of ether oxygens (including phenoxy) is 3. The van der Waals surface area contributed by atoms with Crippen LogP contribution in [0.25, 0.3) is 56.4 Å². The van der Waals surface area contributed by atoms with Gasteiger partial charge in [-0.15, -0.1) is 0 Å². The first-order valence-electron chi connectivity index (χ1n) is 37.6. The average molecular weight is 1310 g/mol. The first-order chi connectivity index (χ1) is 46.9. The number of isocyanates is 1. The number of benzene rings is 5. The lowest BCUT2D eigenvalue weighted by molar-refractivity contribution is -0.147. The number of carbonyl (C=O) groups excluding carboxylic acids is 3. The van der Waals surface area contributed by atoms with Gasteiger partial charge in [0.05, 0.1) is 12.1 Å². The lowest BCUT2D eigenvalue weighted by Gasteiger charge is -2.42. The molecule has 0 bridgehead atoms. The third kappa shape index (κ3) is 28.5. The van der Waals surface area contributed by atoms with E-state index in [-0.39, 0.29) is 42.6 Å². The summed E-state index contributed by atoms with van der Waals surface area (Å²) in [6.07, 6.45) is 40.5. The molecule has 5 unspecified atom stereocenters. The number of rotatable bonds is 46. The summed E-state index contributed by atoms with van der Waals surface area (Å²) >= 11 is 0. The van der Waals surface area contributed by atoms with E-state index in [0.29, 0.717) is 36.1 Å². The smallest absolute Gasteiger partial charge is 0.407 e. The molecule has 96 heavy (non-hydrogen) atoms. The van der Waals surface area contributed by atoms with Gasteiger partial charge in [-0.05, 0) is 102 Å². The van der Waals surface area contributed by atoms with Crippen molar-refractivity contribution in [2.75, 3.05) is 26.3 Å². The van der Waals surface area contributed by atoms with Crippen LogP contribution in [0.1, 0.15) is 247 Å². The fraction of sp³-hybridized carbons (Fsp3) is 0.571. The SMILES string of the molecule is CCCCCCCCC1CC(CCCCCCCCNC(=O)OC(COC(=O)CCCCCC(C)(C)C)COc2ccc(-c3nc(-c4ccc(-c5ccccc5)cc4)nc(-c4ccc(-c5ccccc5)cc4)n3)c(O)c2)C(CCCCCCCCN=C=O)CC1CCCCCC. The van der Waals surface area contributed by atoms with Gasteiger partial charge in [-0.25, -0.2) is 29.5 Å². The number of hydrogen-bond acceptors (Lipinski definition) is 11. The molecule has 1 saturated carbocycles. The van der Waals surface area contributed by atoms with Gasteiger partial charge in [-0.3, -0.25) is 4.79 Å². The number of nitrogens with zero attached hydrogens (tertiary/aromatic N) is 4. The number of esters is 1. The molecule has 7 rings (SSSR count). The van der Waals surface area contributed by atoms with Crippen molar-refractivity contribution in [1.29, 1.82) is 0 Å². The van der Waals surface area contributed by atoms with E-state index in [9.17, 15) is 19.5 Å². The lowest BCUT2D eigenvalue weighted by atomic mass is 9.63. The van der Waals surface area contributed by atoms with Crippen molar-refractivity contribution in [3.63, 3.8) is 0 Å². The van der Waals surface area contributed by atoms with E-state index in [1.807, 2.05) is 60.7 Å². The number of phenolic OH excluding ortho intramolecular Hbond substituents is 1. The van der Waals surface area contributed by atoms with Crippen molar-refractivity contribution >= 4 is 18.1 Å². The summed E-state index contributed by atoms with van der Waals surface area (Å²) in [7, 11) is 0. The quantitative estimate of drug-likeness (QED) is 0.0163. The molecule has 0 radical (unpaired) electrons. The summed E-state index contributed by atoms with van der Waals surface area (Å²) in [5.74, 6) is 4.54. The molecular weight excluding hydrogens is 1190 g/mol. The Hall–Kier alpha value is -7.17. The monoisotopic (exact) mass is 1310 g/mol. The fourth-order valence-corrected chi connectivity index (χ4v) is 14.0. The molecule has 1 fully saturated rings. The summed E-state index contributed by atoms with van der Waals surface area (Å²) in [6, 6.07) is 41.5. The molecule has 520 valence electrons. The maximum atomic E-state index is 13.5. The molecule has 0 saturated heterocycles. The zero-order chi connectivity index (χ0) is 67.8. The van der Waals surface area contributed by atoms with Gasteiger partial charge in [0, 0.05) is 30.2 Å². The normalized spacial score (nSPS) is 15.8. The van der Waals surface area contributed by atoms with E-state index in [4.69, 9.17) is 29.2 Å². The predicted molar refractivity (Wildman–Crippen MR) is 394 cm³/mol. The Morgan fingerprint density at radius 2 is 0.958 bits per heavy atom. The number of unbranched alkanes of at least 4 members (excludes halogenated alkanes) is 20. The van der Waals surface area contributed by atoms with Gasteiger partial charge < -0.3 is 24.6 Å². The lowest BCUT2D eigenvalue weighted by Crippen LogP contribution is -2.36. The van der Waals surface area contributed by atoms with Gasteiger partial charge in [0.1, 0.15) is 24.7 Å². The third-order valence-corrected chi connectivity index (χ3v) is 19.6. The summed E-state index contributed by atoms with van der Waals surface area (Å²) in [5.41, 5.74) is 6.54. The molecule has 6 aromatic rings. The zero-order valence-electron chi connectivity index (χ0n) is 59.4. The van der Waals surface area contributed by atoms with Gasteiger partial charge in [-0.1, -0.05) is 311 Å². The van der Waals surface area contributed by atoms with E-state index >= 15 is 0 Å². The number of hydrogen-bond donors (Lipinski definition) is 2. The summed E-state index contributed by atoms with van der Waals surface area (Å²) in [4.78, 5) is 55.5. The van der Waals surface area contributed by atoms with Crippen LogP contribution in [-0.4, -0.2) is 70.6 Å². The molecular formula is C84H117N5O7. The molecule has 1 amide bonds. The minimum atomic E-state index is -0.912. The van der Waals surface area contributed by atoms with Crippen LogP contribution in [0.4, 0.5) is 4.79 Å². The number of aromatic nitrogens is 3. The Kier molecular flexibility index (Phi) is 34.8. The van der Waals surface area contributed by atoms with Gasteiger partial charge in [0.2, 0.25) is 6.08 Å². The number of alkyl carbamates (subject to hydrolysis) is 1. The molecule has 1 aliphatic rings. The van der Waals surface area contributed by atoms with Crippen LogP contribution in [-0.2, 0) is 19.1 Å². The molecule has 0 aliphatic heterocycles. The first kappa shape index (κ1) is 76.2. The molecule has 5 atom stereocenters. The number of nitrogens with one attached hydrogen (secondary N) is 1. The van der Waals surface area contributed by atoms with Crippen molar-refractivity contribution in [3.8, 4) is 67.9 Å². The fourth-order valence-electron chi connectivity index (χ4n) is 14.0. The van der Waals surface area contributed by atoms with Crippen molar-refractivity contribution in [2.45, 2.75) is 253 Å². The van der Waals surface area contributed by atoms with Crippen molar-refractivity contribution in [2.24, 2.45) is 34.1 Å². The van der Waals surface area contributed by atoms with Crippen LogP contribution in [0.3, 0.4) is 0 Å². The summed E-state index contributed by atoms with van der Waals surface area (Å²) < 4.78 is 17.9. The van der Waals surface area contributed by atoms with Crippen molar-refractivity contribution in [1.82, 2.24) is 20.3 Å². The Bertz CT molecular complexity index is 3060. The molecule has 2 N–H and O–H groups in total. The second kappa shape index (κ2) is 43.9. The van der Waals surface area contributed by atoms with E-state index < -0.39 is 12.2 Å². The molecule has 0 spiro atoms. The minimum Gasteiger partial charge on any atom is -0.507 e. The van der Waals surface area contributed by atoms with Crippen LogP contribution in [0.5, 0.6) is 11.5 Å². The van der Waals surface area contributed by atoms with Crippen LogP contribution in [0.15, 0.2) is 132 Å². The van der Waals surface area contributed by atoms with Gasteiger partial charge in [-0.2, -0.15) is 0 Å². The van der Waals surface area contributed by atoms with E-state index in [1.165, 1.54) is 154 Å². The van der Waals surface area contributed by atoms with Gasteiger partial charge in [0.15, 0.2) is 23.6 Å². The standard InChI is InChI=1S/C84H117N5O7/c1-6-8-10-12-17-26-42-72-60-74(73(59-71(72)41-25-11-9-7-2)43-27-18-13-15-20-35-57-85-64-90)44-28-19-14-16-21-36-58-86-83(93)96-76(63-95-79(92)45-33-24-34-56-84(3,4)5)62-94-75-54-55-77(78(91)61-75)82-88-80(69-50-46-67(47-51-69)65-37-29-22-30-38-65)87-81(89-82)70-52-48-68(49-53-70)66-39-31-23-32-40-66/h22-23,29-32,37-40,46-55,61,71-74,76,91H,6-21,24-28,33-36,41-45,56-60,62-63H2,1-5H3,(H,86,93). The van der Waals surface area contributed by atoms with Crippen LogP contribution >= 0.6 is 0 Å². The van der Waals surface area contributed by atoms with E-state index in [2.05, 4.69) is 93.5 Å². The Balaban J connectivity index is 0.928. The van der Waals surface area contributed by atoms with Crippen LogP contribution < -0.4 is 10.1 Å². The second-order valence-corrected chi connectivity index (χ2v) is 28.7. The second-order valence-electron chi connectivity index (χ2n) is 28.7. The van der Waals surface area contributed by atoms with E-state index in [1.54, 1.807) is 18.2 Å². The number of phenols is 1. The van der Waals surface area contributed by atoms with Crippen molar-refractivity contribution < 1.29 is 33.7 Å². The Labute approximate surface area is 577 Å². The molecule has 1 aromatic heterocycles. The van der Waals surface area contributed by atoms with Crippen molar-refractivity contribution in [3.05, 3.63) is 127 Å². The number of carbonyl (C=O) groups is 2. The number of amides is 1. The van der Waals surface area contributed by atoms with Crippen LogP contribution in [0, 0.1) is 29.1 Å². The molecule has 12 nitrogen and oxygen atoms in total. The Morgan fingerprint density at radius 3 is 1.45 bits per heavy atom. The molecule has 12 heteroatoms. The van der Waals surface area contributed by atoms with Gasteiger partial charge >= 0.3 is 12.1 Å². The predicted octanol–water partition coefficient (Wildman–Crippen LogP) is 22.7. The van der Waals surface area contributed by atoms with E-state index in [0.717, 1.165) is 115 Å². The van der Waals surface area contributed by atoms with Gasteiger partial charge in [0.25, 0.3) is 0 Å². The topological polar surface area (TPSA) is 162 Å². The highest BCUT2D eigenvalue weighted by Gasteiger charge is 2.36. The molecule has 1 aliphatic carbocycles. The molecule has 1 heterocycles.